The quantitative estimate of drug-likeness (QED) is 0.817. The van der Waals surface area contributed by atoms with Crippen LogP contribution in [0.2, 0.25) is 0 Å². The highest BCUT2D eigenvalue weighted by molar-refractivity contribution is 9.10. The standard InChI is InChI=1S/C13H12BrFN2O/c1-8-11(7-17(2)16-8)13(18)5-9-3-4-10(14)6-12(9)15/h3-4,6-7H,5H2,1-2H3. The summed E-state index contributed by atoms with van der Waals surface area (Å²) in [5, 5.41) is 4.10. The number of carbonyl (C=O) groups excluding carboxylic acids is 1. The van der Waals surface area contributed by atoms with E-state index in [2.05, 4.69) is 21.0 Å². The number of nitrogens with zero attached hydrogens (tertiary/aromatic N) is 2. The van der Waals surface area contributed by atoms with Gasteiger partial charge in [0, 0.05) is 24.1 Å². The molecule has 2 aromatic rings. The van der Waals surface area contributed by atoms with Gasteiger partial charge in [0.2, 0.25) is 0 Å². The van der Waals surface area contributed by atoms with Crippen LogP contribution in [-0.4, -0.2) is 15.6 Å². The molecule has 1 heterocycles. The number of ketones is 1. The van der Waals surface area contributed by atoms with Crippen LogP contribution in [0.3, 0.4) is 0 Å². The summed E-state index contributed by atoms with van der Waals surface area (Å²) in [5.41, 5.74) is 1.60. The molecule has 0 spiro atoms. The Morgan fingerprint density at radius 3 is 2.78 bits per heavy atom. The Kier molecular flexibility index (Phi) is 3.61. The molecule has 0 fully saturated rings. The molecule has 0 saturated carbocycles. The van der Waals surface area contributed by atoms with Crippen LogP contribution in [0, 0.1) is 12.7 Å². The van der Waals surface area contributed by atoms with Gasteiger partial charge in [-0.15, -0.1) is 0 Å². The van der Waals surface area contributed by atoms with E-state index in [1.54, 1.807) is 37.0 Å². The van der Waals surface area contributed by atoms with Gasteiger partial charge in [-0.1, -0.05) is 22.0 Å². The van der Waals surface area contributed by atoms with Gasteiger partial charge in [-0.05, 0) is 24.6 Å². The molecule has 18 heavy (non-hydrogen) atoms. The third-order valence-corrected chi connectivity index (χ3v) is 3.17. The second-order valence-electron chi connectivity index (χ2n) is 4.14. The Morgan fingerprint density at radius 2 is 2.22 bits per heavy atom. The summed E-state index contributed by atoms with van der Waals surface area (Å²) in [7, 11) is 1.75. The largest absolute Gasteiger partial charge is 0.294 e. The fourth-order valence-electron chi connectivity index (χ4n) is 1.81. The third-order valence-electron chi connectivity index (χ3n) is 2.68. The molecule has 0 atom stereocenters. The minimum absolute atomic E-state index is 0.0473. The zero-order valence-electron chi connectivity index (χ0n) is 10.1. The molecule has 0 aliphatic rings. The Balaban J connectivity index is 2.24. The molecule has 0 amide bonds. The molecule has 0 N–H and O–H groups in total. The molecular weight excluding hydrogens is 299 g/mol. The van der Waals surface area contributed by atoms with Crippen molar-refractivity contribution >= 4 is 21.7 Å². The minimum atomic E-state index is -0.376. The highest BCUT2D eigenvalue weighted by atomic mass is 79.9. The lowest BCUT2D eigenvalue weighted by atomic mass is 10.0. The number of benzene rings is 1. The minimum Gasteiger partial charge on any atom is -0.294 e. The van der Waals surface area contributed by atoms with Crippen molar-refractivity contribution in [3.8, 4) is 0 Å². The van der Waals surface area contributed by atoms with E-state index < -0.39 is 0 Å². The summed E-state index contributed by atoms with van der Waals surface area (Å²) in [4.78, 5) is 12.1. The van der Waals surface area contributed by atoms with E-state index in [4.69, 9.17) is 0 Å². The molecule has 3 nitrogen and oxygen atoms in total. The predicted molar refractivity (Wildman–Crippen MR) is 70.1 cm³/mol. The van der Waals surface area contributed by atoms with E-state index >= 15 is 0 Å². The number of rotatable bonds is 3. The summed E-state index contributed by atoms with van der Waals surface area (Å²) >= 11 is 3.18. The van der Waals surface area contributed by atoms with Crippen LogP contribution in [0.1, 0.15) is 21.6 Å². The number of hydrogen-bond donors (Lipinski definition) is 0. The lowest BCUT2D eigenvalue weighted by Crippen LogP contribution is -2.05. The Morgan fingerprint density at radius 1 is 1.50 bits per heavy atom. The van der Waals surface area contributed by atoms with Gasteiger partial charge in [-0.25, -0.2) is 4.39 Å². The van der Waals surface area contributed by atoms with Crippen LogP contribution < -0.4 is 0 Å². The summed E-state index contributed by atoms with van der Waals surface area (Å²) in [6.45, 7) is 1.77. The second kappa shape index (κ2) is 5.02. The molecule has 0 aliphatic carbocycles. The van der Waals surface area contributed by atoms with Gasteiger partial charge in [0.05, 0.1) is 11.3 Å². The lowest BCUT2D eigenvalue weighted by Gasteiger charge is -2.02. The molecule has 0 unspecified atom stereocenters. The number of aromatic nitrogens is 2. The van der Waals surface area contributed by atoms with Gasteiger partial charge in [0.25, 0.3) is 0 Å². The van der Waals surface area contributed by atoms with E-state index in [0.29, 0.717) is 21.3 Å². The van der Waals surface area contributed by atoms with E-state index in [-0.39, 0.29) is 18.0 Å². The van der Waals surface area contributed by atoms with Crippen molar-refractivity contribution < 1.29 is 9.18 Å². The molecule has 0 radical (unpaired) electrons. The molecule has 94 valence electrons. The summed E-state index contributed by atoms with van der Waals surface area (Å²) in [6, 6.07) is 4.70. The van der Waals surface area contributed by atoms with Crippen molar-refractivity contribution in [1.29, 1.82) is 0 Å². The maximum Gasteiger partial charge on any atom is 0.170 e. The maximum atomic E-state index is 13.6. The maximum absolute atomic E-state index is 13.6. The first-order chi connectivity index (χ1) is 8.47. The fraction of sp³-hybridized carbons (Fsp3) is 0.231. The summed E-state index contributed by atoms with van der Waals surface area (Å²) in [5.74, 6) is -0.499. The third kappa shape index (κ3) is 2.67. The molecular formula is C13H12BrFN2O. The van der Waals surface area contributed by atoms with E-state index in [1.165, 1.54) is 6.07 Å². The first-order valence-electron chi connectivity index (χ1n) is 5.44. The van der Waals surface area contributed by atoms with E-state index in [0.717, 1.165) is 0 Å². The molecule has 0 bridgehead atoms. The fourth-order valence-corrected chi connectivity index (χ4v) is 2.14. The van der Waals surface area contributed by atoms with E-state index in [1.807, 2.05) is 0 Å². The Labute approximate surface area is 113 Å². The molecule has 0 saturated heterocycles. The average molecular weight is 311 g/mol. The van der Waals surface area contributed by atoms with Crippen molar-refractivity contribution in [3.05, 3.63) is 51.5 Å². The number of carbonyl (C=O) groups is 1. The van der Waals surface area contributed by atoms with Crippen LogP contribution in [0.5, 0.6) is 0 Å². The van der Waals surface area contributed by atoms with Crippen LogP contribution in [0.25, 0.3) is 0 Å². The SMILES string of the molecule is Cc1nn(C)cc1C(=O)Cc1ccc(Br)cc1F. The topological polar surface area (TPSA) is 34.9 Å². The molecule has 1 aromatic heterocycles. The first-order valence-corrected chi connectivity index (χ1v) is 6.24. The lowest BCUT2D eigenvalue weighted by molar-refractivity contribution is 0.0991. The molecule has 0 aliphatic heterocycles. The van der Waals surface area contributed by atoms with Gasteiger partial charge >= 0.3 is 0 Å². The number of hydrogen-bond acceptors (Lipinski definition) is 2. The molecule has 2 rings (SSSR count). The zero-order valence-corrected chi connectivity index (χ0v) is 11.7. The van der Waals surface area contributed by atoms with Crippen molar-refractivity contribution in [2.24, 2.45) is 7.05 Å². The predicted octanol–water partition coefficient (Wildman–Crippen LogP) is 3.06. The second-order valence-corrected chi connectivity index (χ2v) is 5.05. The van der Waals surface area contributed by atoms with Gasteiger partial charge in [0.1, 0.15) is 5.82 Å². The first kappa shape index (κ1) is 13.0. The number of aryl methyl sites for hydroxylation is 2. The summed E-state index contributed by atoms with van der Waals surface area (Å²) in [6.07, 6.45) is 1.71. The highest BCUT2D eigenvalue weighted by Crippen LogP contribution is 2.17. The molecule has 5 heteroatoms. The van der Waals surface area contributed by atoms with Crippen LogP contribution in [0.15, 0.2) is 28.9 Å². The normalized spacial score (nSPS) is 10.7. The number of halogens is 2. The van der Waals surface area contributed by atoms with Gasteiger partial charge in [-0.3, -0.25) is 9.48 Å². The Bertz CT molecular complexity index is 607. The van der Waals surface area contributed by atoms with Gasteiger partial charge < -0.3 is 0 Å². The number of Topliss-reactive ketones (excluding diaryl/α,β-unsaturated/α-hetero) is 1. The van der Waals surface area contributed by atoms with E-state index in [9.17, 15) is 9.18 Å². The highest BCUT2D eigenvalue weighted by Gasteiger charge is 2.15. The zero-order chi connectivity index (χ0) is 13.3. The molecule has 1 aromatic carbocycles. The Hall–Kier alpha value is -1.49. The smallest absolute Gasteiger partial charge is 0.170 e. The van der Waals surface area contributed by atoms with Crippen LogP contribution in [0.4, 0.5) is 4.39 Å². The van der Waals surface area contributed by atoms with Gasteiger partial charge in [-0.2, -0.15) is 5.10 Å². The van der Waals surface area contributed by atoms with Crippen molar-refractivity contribution in [3.63, 3.8) is 0 Å². The average Bonchev–Trinajstić information content (AvgIpc) is 2.62. The van der Waals surface area contributed by atoms with Gasteiger partial charge in [0.15, 0.2) is 5.78 Å². The monoisotopic (exact) mass is 310 g/mol. The summed E-state index contributed by atoms with van der Waals surface area (Å²) < 4.78 is 15.9. The van der Waals surface area contributed by atoms with Crippen molar-refractivity contribution in [2.75, 3.05) is 0 Å². The van der Waals surface area contributed by atoms with Crippen LogP contribution >= 0.6 is 15.9 Å². The van der Waals surface area contributed by atoms with Crippen molar-refractivity contribution in [2.45, 2.75) is 13.3 Å². The van der Waals surface area contributed by atoms with Crippen molar-refractivity contribution in [1.82, 2.24) is 9.78 Å². The van der Waals surface area contributed by atoms with Crippen LogP contribution in [-0.2, 0) is 13.5 Å².